The summed E-state index contributed by atoms with van der Waals surface area (Å²) in [7, 11) is 3.78. The normalized spacial score (nSPS) is 17.8. The quantitative estimate of drug-likeness (QED) is 0.0434. The molecular weight excluding hydrogens is 1010 g/mol. The molecule has 10 amide bonds. The van der Waals surface area contributed by atoms with Gasteiger partial charge in [0, 0.05) is 32.1 Å². The summed E-state index contributed by atoms with van der Waals surface area (Å²) in [4.78, 5) is 141. The summed E-state index contributed by atoms with van der Waals surface area (Å²) < 4.78 is 0. The minimum absolute atomic E-state index is 0.0200. The monoisotopic (exact) mass is 1120 g/mol. The second kappa shape index (κ2) is 32.0. The Morgan fingerprint density at radius 1 is 0.620 bits per heavy atom. The first kappa shape index (κ1) is 71.4. The van der Waals surface area contributed by atoms with Gasteiger partial charge in [0.15, 0.2) is 0 Å². The highest BCUT2D eigenvalue weighted by Crippen LogP contribution is 2.25. The second-order valence-electron chi connectivity index (χ2n) is 25.4. The van der Waals surface area contributed by atoms with Gasteiger partial charge in [-0.15, -0.1) is 0 Å². The van der Waals surface area contributed by atoms with E-state index in [4.69, 9.17) is 0 Å². The van der Waals surface area contributed by atoms with Crippen LogP contribution in [0, 0.1) is 35.5 Å². The van der Waals surface area contributed by atoms with Crippen LogP contribution in [-0.4, -0.2) is 167 Å². The van der Waals surface area contributed by atoms with Crippen LogP contribution in [0.15, 0.2) is 12.2 Å². The number of hydrogen-bond donors (Lipinski definition) is 10. The highest BCUT2D eigenvalue weighted by Gasteiger charge is 2.43. The van der Waals surface area contributed by atoms with E-state index in [1.54, 1.807) is 13.8 Å². The minimum atomic E-state index is -1.76. The van der Waals surface area contributed by atoms with Gasteiger partial charge in [-0.25, -0.2) is 0 Å². The van der Waals surface area contributed by atoms with Crippen LogP contribution in [-0.2, 0) is 47.9 Å². The third kappa shape index (κ3) is 24.7. The van der Waals surface area contributed by atoms with E-state index in [1.807, 2.05) is 94.3 Å². The number of allylic oxidation sites excluding steroid dienone is 1. The Hall–Kier alpha value is -5.64. The van der Waals surface area contributed by atoms with Crippen molar-refractivity contribution in [2.75, 3.05) is 33.7 Å². The third-order valence-corrected chi connectivity index (χ3v) is 13.6. The first-order chi connectivity index (χ1) is 36.2. The first-order valence-electron chi connectivity index (χ1n) is 28.3. The highest BCUT2D eigenvalue weighted by atomic mass is 16.3. The molecule has 1 rings (SSSR count). The van der Waals surface area contributed by atoms with Gasteiger partial charge in [-0.3, -0.25) is 47.9 Å². The lowest BCUT2D eigenvalue weighted by Crippen LogP contribution is -2.66. The van der Waals surface area contributed by atoms with Crippen molar-refractivity contribution in [3.63, 3.8) is 0 Å². The van der Waals surface area contributed by atoms with Crippen molar-refractivity contribution in [3.8, 4) is 0 Å². The van der Waals surface area contributed by atoms with Crippen LogP contribution in [0.5, 0.6) is 0 Å². The van der Waals surface area contributed by atoms with Crippen LogP contribution in [0.4, 0.5) is 0 Å². The molecule has 0 aromatic heterocycles. The molecule has 0 radical (unpaired) electrons. The summed E-state index contributed by atoms with van der Waals surface area (Å²) in [6.07, 6.45) is 3.49. The van der Waals surface area contributed by atoms with Gasteiger partial charge < -0.3 is 62.8 Å². The third-order valence-electron chi connectivity index (χ3n) is 13.6. The Morgan fingerprint density at radius 3 is 1.61 bits per heavy atom. The molecule has 452 valence electrons. The molecule has 79 heavy (non-hydrogen) atoms. The van der Waals surface area contributed by atoms with E-state index in [0.717, 1.165) is 6.42 Å². The van der Waals surface area contributed by atoms with Crippen molar-refractivity contribution < 1.29 is 53.1 Å². The fraction of sp³-hybridized carbons (Fsp3) is 0.789. The molecule has 22 nitrogen and oxygen atoms in total. The molecule has 0 aromatic carbocycles. The Kier molecular flexibility index (Phi) is 28.9. The lowest BCUT2D eigenvalue weighted by molar-refractivity contribution is -0.140. The van der Waals surface area contributed by atoms with Gasteiger partial charge in [0.05, 0.1) is 6.10 Å². The maximum Gasteiger partial charge on any atom is 0.246 e. The van der Waals surface area contributed by atoms with E-state index < -0.39 is 106 Å². The van der Waals surface area contributed by atoms with Gasteiger partial charge in [0.2, 0.25) is 59.1 Å². The zero-order valence-corrected chi connectivity index (χ0v) is 51.4. The molecule has 9 atom stereocenters. The van der Waals surface area contributed by atoms with Gasteiger partial charge in [-0.05, 0) is 130 Å². The van der Waals surface area contributed by atoms with Crippen LogP contribution < -0.4 is 47.9 Å². The van der Waals surface area contributed by atoms with E-state index in [2.05, 4.69) is 47.9 Å². The Bertz CT molecular complexity index is 2120. The first-order valence-corrected chi connectivity index (χ1v) is 28.3. The molecule has 22 heteroatoms. The Labute approximate surface area is 471 Å². The van der Waals surface area contributed by atoms with Crippen LogP contribution in [0.2, 0.25) is 0 Å². The predicted octanol–water partition coefficient (Wildman–Crippen LogP) is 2.18. The smallest absolute Gasteiger partial charge is 0.246 e. The number of carbonyl (C=O) groups is 10. The SMILES string of the molecule is CC[C@@H](C)/C=C/C(=O)N1C[C@@H](C)C[C@H]1C(=O)N[C@H](CC(C)C)C(=O)N[C@H](C(=O)NC(C)(C)C(=O)N[C@@H](CC(C)C)C(=O)N[C@H](CC(C)C)C(=O)NC(C)(C)C(=O)NC(C)(C)C(=O)NCCC(=O)N[C@@H](C)CN(C)C)[C@H](O)C(C)C. The molecule has 1 heterocycles. The highest BCUT2D eigenvalue weighted by molar-refractivity contribution is 6.00. The number of carbonyl (C=O) groups excluding carboxylic acids is 10. The van der Waals surface area contributed by atoms with Crippen molar-refractivity contribution in [3.05, 3.63) is 12.2 Å². The van der Waals surface area contributed by atoms with E-state index in [1.165, 1.54) is 52.5 Å². The average Bonchev–Trinajstić information content (AvgIpc) is 3.71. The van der Waals surface area contributed by atoms with Crippen molar-refractivity contribution in [2.45, 2.75) is 222 Å². The number of nitrogens with one attached hydrogen (secondary N) is 9. The number of nitrogens with zero attached hydrogens (tertiary/aromatic N) is 2. The molecule has 1 aliphatic rings. The molecule has 0 bridgehead atoms. The van der Waals surface area contributed by atoms with Gasteiger partial charge in [-0.1, -0.05) is 88.7 Å². The largest absolute Gasteiger partial charge is 0.390 e. The van der Waals surface area contributed by atoms with Crippen molar-refractivity contribution in [1.29, 1.82) is 0 Å². The van der Waals surface area contributed by atoms with Gasteiger partial charge in [0.1, 0.15) is 46.8 Å². The molecule has 0 spiro atoms. The molecule has 0 unspecified atom stereocenters. The summed E-state index contributed by atoms with van der Waals surface area (Å²) in [5, 5.41) is 35.9. The zero-order chi connectivity index (χ0) is 61.1. The molecule has 10 N–H and O–H groups in total. The minimum Gasteiger partial charge on any atom is -0.390 e. The van der Waals surface area contributed by atoms with Crippen LogP contribution in [0.3, 0.4) is 0 Å². The lowest BCUT2D eigenvalue weighted by Gasteiger charge is -2.34. The van der Waals surface area contributed by atoms with Crippen molar-refractivity contribution in [2.24, 2.45) is 35.5 Å². The Morgan fingerprint density at radius 2 is 1.10 bits per heavy atom. The van der Waals surface area contributed by atoms with Gasteiger partial charge >= 0.3 is 0 Å². The van der Waals surface area contributed by atoms with Crippen molar-refractivity contribution in [1.82, 2.24) is 57.7 Å². The van der Waals surface area contributed by atoms with Crippen LogP contribution in [0.1, 0.15) is 163 Å². The fourth-order valence-electron chi connectivity index (χ4n) is 8.79. The fourth-order valence-corrected chi connectivity index (χ4v) is 8.79. The Balaban J connectivity index is 3.28. The molecular formula is C57H103N11O11. The number of rotatable bonds is 32. The average molecular weight is 1120 g/mol. The summed E-state index contributed by atoms with van der Waals surface area (Å²) in [6.45, 7) is 31.8. The number of amides is 10. The summed E-state index contributed by atoms with van der Waals surface area (Å²) in [5.41, 5.74) is -4.82. The molecule has 0 saturated carbocycles. The van der Waals surface area contributed by atoms with E-state index in [0.29, 0.717) is 19.5 Å². The van der Waals surface area contributed by atoms with Gasteiger partial charge in [-0.2, -0.15) is 0 Å². The molecule has 1 fully saturated rings. The standard InChI is InChI=1S/C57H103N11O11/c1-21-36(10)22-23-44(70)68-30-37(11)29-42(68)50(75)61-39(26-32(2)3)48(73)63-45(46(71)35(8)9)51(76)65-56(15,16)53(78)62-40(27-33(4)5)47(72)60-41(28-34(6)7)49(74)64-57(17,18)54(79)66-55(13,14)52(77)58-25-24-43(69)59-38(12)31-67(19)20/h22-23,32-42,45-46,71H,21,24-31H2,1-20H3,(H,58,77)(H,59,69)(H,60,72)(H,61,75)(H,62,78)(H,63,73)(H,64,74)(H,65,76)(H,66,79)/b23-22+/t36-,37+,38+,39-,40+,41-,42+,45+,46-/m1/s1. The van der Waals surface area contributed by atoms with E-state index in [9.17, 15) is 53.1 Å². The van der Waals surface area contributed by atoms with E-state index in [-0.39, 0.29) is 79.7 Å². The maximum absolute atomic E-state index is 14.2. The van der Waals surface area contributed by atoms with Crippen LogP contribution >= 0.6 is 0 Å². The predicted molar refractivity (Wildman–Crippen MR) is 305 cm³/mol. The van der Waals surface area contributed by atoms with Gasteiger partial charge in [0.25, 0.3) is 0 Å². The van der Waals surface area contributed by atoms with E-state index >= 15 is 0 Å². The number of likely N-dealkylation sites (N-methyl/N-ethyl adjacent to an activating group) is 1. The number of hydrogen-bond acceptors (Lipinski definition) is 12. The molecule has 1 aliphatic heterocycles. The van der Waals surface area contributed by atoms with Crippen molar-refractivity contribution >= 4 is 59.1 Å². The number of aliphatic hydroxyl groups excluding tert-OH is 1. The molecule has 0 aliphatic carbocycles. The van der Waals surface area contributed by atoms with Crippen LogP contribution in [0.25, 0.3) is 0 Å². The molecule has 0 aromatic rings. The zero-order valence-electron chi connectivity index (χ0n) is 51.4. The summed E-state index contributed by atoms with van der Waals surface area (Å²) in [5.74, 6) is -7.00. The maximum atomic E-state index is 14.2. The summed E-state index contributed by atoms with van der Waals surface area (Å²) in [6, 6.07) is -6.11. The lowest BCUT2D eigenvalue weighted by atomic mass is 9.95. The topological polar surface area (TPSA) is 306 Å². The second-order valence-corrected chi connectivity index (χ2v) is 25.4. The number of aliphatic hydroxyl groups is 1. The number of likely N-dealkylation sites (tertiary alicyclic amines) is 1. The summed E-state index contributed by atoms with van der Waals surface area (Å²) >= 11 is 0. The molecule has 1 saturated heterocycles.